The van der Waals surface area contributed by atoms with Crippen LogP contribution >= 0.6 is 0 Å². The molecule has 1 aromatic rings. The zero-order valence-corrected chi connectivity index (χ0v) is 5.37. The van der Waals surface area contributed by atoms with Gasteiger partial charge in [0, 0.05) is 5.56 Å². The molecule has 0 fully saturated rings. The van der Waals surface area contributed by atoms with E-state index in [2.05, 4.69) is 11.2 Å². The third-order valence-corrected chi connectivity index (χ3v) is 1.43. The quantitative estimate of drug-likeness (QED) is 0.532. The minimum absolute atomic E-state index is 0.632. The van der Waals surface area contributed by atoms with Crippen LogP contribution in [-0.4, -0.2) is 4.98 Å². The zero-order valence-electron chi connectivity index (χ0n) is 5.37. The van der Waals surface area contributed by atoms with Gasteiger partial charge in [-0.2, -0.15) is 0 Å². The summed E-state index contributed by atoms with van der Waals surface area (Å²) in [5.74, 6) is 0. The molecule has 0 atom stereocenters. The van der Waals surface area contributed by atoms with Gasteiger partial charge in [-0.15, -0.1) is 0 Å². The van der Waals surface area contributed by atoms with Crippen LogP contribution in [0, 0.1) is 6.20 Å². The van der Waals surface area contributed by atoms with Crippen LogP contribution in [0.3, 0.4) is 0 Å². The molecule has 0 bridgehead atoms. The number of pyridine rings is 1. The van der Waals surface area contributed by atoms with Crippen molar-refractivity contribution in [1.82, 2.24) is 4.98 Å². The fourth-order valence-electron chi connectivity index (χ4n) is 0.919. The van der Waals surface area contributed by atoms with Crippen molar-refractivity contribution in [2.24, 2.45) is 0 Å². The Morgan fingerprint density at radius 3 is 3.50 bits per heavy atom. The molecule has 0 amide bonds. The molecule has 2 heteroatoms. The van der Waals surface area contributed by atoms with Crippen molar-refractivity contribution in [2.45, 2.75) is 6.61 Å². The summed E-state index contributed by atoms with van der Waals surface area (Å²) in [6, 6.07) is 3.76. The number of hydrogen-bond acceptors (Lipinski definition) is 2. The molecule has 0 aromatic carbocycles. The number of aromatic nitrogens is 1. The number of rotatable bonds is 0. The number of fused-ring (bicyclic) bond motifs is 1. The molecule has 2 heterocycles. The predicted octanol–water partition coefficient (Wildman–Crippen LogP) is 1.38. The SMILES string of the molecule is [c]1ccc2c(n1)C=COC2. The molecule has 1 radical (unpaired) electrons. The Labute approximate surface area is 59.2 Å². The molecule has 0 unspecified atom stereocenters. The van der Waals surface area contributed by atoms with Gasteiger partial charge >= 0.3 is 0 Å². The van der Waals surface area contributed by atoms with Gasteiger partial charge in [0.25, 0.3) is 0 Å². The third kappa shape index (κ3) is 0.778. The minimum atomic E-state index is 0.632. The highest BCUT2D eigenvalue weighted by molar-refractivity contribution is 5.49. The van der Waals surface area contributed by atoms with E-state index in [0.29, 0.717) is 6.61 Å². The highest BCUT2D eigenvalue weighted by atomic mass is 16.5. The van der Waals surface area contributed by atoms with E-state index in [-0.39, 0.29) is 0 Å². The van der Waals surface area contributed by atoms with Crippen molar-refractivity contribution in [3.8, 4) is 0 Å². The summed E-state index contributed by atoms with van der Waals surface area (Å²) in [4.78, 5) is 4.03. The van der Waals surface area contributed by atoms with Gasteiger partial charge in [0.05, 0.1) is 18.2 Å². The summed E-state index contributed by atoms with van der Waals surface area (Å²) in [5.41, 5.74) is 2.09. The first-order chi connectivity index (χ1) is 4.97. The third-order valence-electron chi connectivity index (χ3n) is 1.43. The maximum absolute atomic E-state index is 5.06. The molecular formula is C8H6NO. The largest absolute Gasteiger partial charge is 0.496 e. The molecule has 1 aromatic heterocycles. The summed E-state index contributed by atoms with van der Waals surface area (Å²) < 4.78 is 5.06. The molecule has 0 N–H and O–H groups in total. The molecule has 0 saturated heterocycles. The molecule has 1 aliphatic rings. The van der Waals surface area contributed by atoms with E-state index in [1.807, 2.05) is 12.1 Å². The van der Waals surface area contributed by atoms with E-state index in [0.717, 1.165) is 11.3 Å². The van der Waals surface area contributed by atoms with Crippen molar-refractivity contribution < 1.29 is 4.74 Å². The molecule has 0 spiro atoms. The molecular weight excluding hydrogens is 126 g/mol. The van der Waals surface area contributed by atoms with E-state index in [1.165, 1.54) is 0 Å². The van der Waals surface area contributed by atoms with E-state index in [1.54, 1.807) is 12.3 Å². The average Bonchev–Trinajstić information content (AvgIpc) is 2.05. The van der Waals surface area contributed by atoms with Gasteiger partial charge in [-0.1, -0.05) is 6.07 Å². The first kappa shape index (κ1) is 5.47. The van der Waals surface area contributed by atoms with Crippen LogP contribution < -0.4 is 0 Å². The molecule has 0 saturated carbocycles. The van der Waals surface area contributed by atoms with Gasteiger partial charge in [0.15, 0.2) is 0 Å². The van der Waals surface area contributed by atoms with Crippen LogP contribution in [0.25, 0.3) is 6.08 Å². The van der Waals surface area contributed by atoms with Gasteiger partial charge in [0.2, 0.25) is 0 Å². The Balaban J connectivity index is 2.54. The summed E-state index contributed by atoms with van der Waals surface area (Å²) in [6.45, 7) is 0.632. The fourth-order valence-corrected chi connectivity index (χ4v) is 0.919. The minimum Gasteiger partial charge on any atom is -0.496 e. The molecule has 49 valence electrons. The van der Waals surface area contributed by atoms with Gasteiger partial charge in [-0.3, -0.25) is 0 Å². The molecule has 10 heavy (non-hydrogen) atoms. The maximum Gasteiger partial charge on any atom is 0.114 e. The van der Waals surface area contributed by atoms with Gasteiger partial charge < -0.3 is 4.74 Å². The second-order valence-corrected chi connectivity index (χ2v) is 2.10. The van der Waals surface area contributed by atoms with Gasteiger partial charge in [-0.25, -0.2) is 4.98 Å². The van der Waals surface area contributed by atoms with Gasteiger partial charge in [-0.05, 0) is 12.1 Å². The number of nitrogens with zero attached hydrogens (tertiary/aromatic N) is 1. The summed E-state index contributed by atoms with van der Waals surface area (Å²) in [6.07, 6.45) is 6.26. The molecule has 0 aliphatic carbocycles. The van der Waals surface area contributed by atoms with Crippen molar-refractivity contribution in [3.63, 3.8) is 0 Å². The summed E-state index contributed by atoms with van der Waals surface area (Å²) in [7, 11) is 0. The average molecular weight is 132 g/mol. The maximum atomic E-state index is 5.06. The Kier molecular flexibility index (Phi) is 1.17. The smallest absolute Gasteiger partial charge is 0.114 e. The van der Waals surface area contributed by atoms with Crippen molar-refractivity contribution >= 4 is 6.08 Å². The second-order valence-electron chi connectivity index (χ2n) is 2.10. The predicted molar refractivity (Wildman–Crippen MR) is 36.9 cm³/mol. The Hall–Kier alpha value is -1.31. The molecule has 2 nitrogen and oxygen atoms in total. The topological polar surface area (TPSA) is 22.1 Å². The van der Waals surface area contributed by atoms with Crippen LogP contribution in [0.5, 0.6) is 0 Å². The van der Waals surface area contributed by atoms with Crippen molar-refractivity contribution in [2.75, 3.05) is 0 Å². The van der Waals surface area contributed by atoms with Crippen LogP contribution in [0.4, 0.5) is 0 Å². The Morgan fingerprint density at radius 2 is 2.60 bits per heavy atom. The lowest BCUT2D eigenvalue weighted by atomic mass is 10.2. The van der Waals surface area contributed by atoms with Crippen LogP contribution in [0.15, 0.2) is 18.4 Å². The molecule has 2 rings (SSSR count). The zero-order chi connectivity index (χ0) is 6.81. The lowest BCUT2D eigenvalue weighted by Crippen LogP contribution is -1.97. The van der Waals surface area contributed by atoms with Crippen LogP contribution in [-0.2, 0) is 11.3 Å². The van der Waals surface area contributed by atoms with E-state index < -0.39 is 0 Å². The summed E-state index contributed by atoms with van der Waals surface area (Å²) in [5, 5.41) is 0. The summed E-state index contributed by atoms with van der Waals surface area (Å²) >= 11 is 0. The second kappa shape index (κ2) is 2.14. The lowest BCUT2D eigenvalue weighted by Gasteiger charge is -2.08. The van der Waals surface area contributed by atoms with E-state index in [4.69, 9.17) is 4.74 Å². The molecule has 1 aliphatic heterocycles. The van der Waals surface area contributed by atoms with Gasteiger partial charge in [0.1, 0.15) is 6.61 Å². The Morgan fingerprint density at radius 1 is 1.60 bits per heavy atom. The fraction of sp³-hybridized carbons (Fsp3) is 0.125. The standard InChI is InChI=1S/C8H6NO/c1-2-7-6-10-5-3-8(7)9-4-1/h1-3,5H,6H2. The highest BCUT2D eigenvalue weighted by Crippen LogP contribution is 2.12. The lowest BCUT2D eigenvalue weighted by molar-refractivity contribution is 0.234. The van der Waals surface area contributed by atoms with Crippen molar-refractivity contribution in [3.05, 3.63) is 35.8 Å². The van der Waals surface area contributed by atoms with Crippen molar-refractivity contribution in [1.29, 1.82) is 0 Å². The normalized spacial score (nSPS) is 14.0. The van der Waals surface area contributed by atoms with Crippen LogP contribution in [0.1, 0.15) is 11.3 Å². The first-order valence-corrected chi connectivity index (χ1v) is 3.11. The van der Waals surface area contributed by atoms with E-state index >= 15 is 0 Å². The number of hydrogen-bond donors (Lipinski definition) is 0. The van der Waals surface area contributed by atoms with Crippen LogP contribution in [0.2, 0.25) is 0 Å². The monoisotopic (exact) mass is 132 g/mol. The van der Waals surface area contributed by atoms with E-state index in [9.17, 15) is 0 Å². The first-order valence-electron chi connectivity index (χ1n) is 3.11. The number of ether oxygens (including phenoxy) is 1. The Bertz CT molecular complexity index is 268. The highest BCUT2D eigenvalue weighted by Gasteiger charge is 2.02.